The van der Waals surface area contributed by atoms with E-state index >= 15 is 0 Å². The Balaban J connectivity index is 0.000000256. The van der Waals surface area contributed by atoms with Gasteiger partial charge in [0.05, 0.1) is 24.3 Å². The maximum absolute atomic E-state index is 13.5. The number of ether oxygens (including phenoxy) is 2. The Labute approximate surface area is 267 Å². The van der Waals surface area contributed by atoms with Crippen molar-refractivity contribution in [3.8, 4) is 0 Å². The minimum Gasteiger partial charge on any atom is -0.462 e. The SMILES string of the molecule is CCOC(=O)c1ccc(NC(=O)Nc2c(F)cc(F)cc2F)cc1.CCOC(=O)c1ccc(NC(=O)Nc2ccc(F)cc2C)cc1. The lowest BCUT2D eigenvalue weighted by Gasteiger charge is -2.10. The summed E-state index contributed by atoms with van der Waals surface area (Å²) < 4.78 is 62.4. The van der Waals surface area contributed by atoms with Crippen LogP contribution in [0.15, 0.2) is 78.9 Å². The Morgan fingerprint density at radius 3 is 1.45 bits per heavy atom. The zero-order valence-electron chi connectivity index (χ0n) is 25.4. The van der Waals surface area contributed by atoms with Crippen LogP contribution in [0.5, 0.6) is 0 Å². The Bertz CT molecular complexity index is 1710. The highest BCUT2D eigenvalue weighted by atomic mass is 19.1. The molecule has 0 atom stereocenters. The maximum Gasteiger partial charge on any atom is 0.338 e. The van der Waals surface area contributed by atoms with Crippen LogP contribution in [0.1, 0.15) is 40.1 Å². The quantitative estimate of drug-likeness (QED) is 0.113. The van der Waals surface area contributed by atoms with Gasteiger partial charge in [-0.25, -0.2) is 36.7 Å². The van der Waals surface area contributed by atoms with Crippen LogP contribution in [-0.2, 0) is 9.47 Å². The molecule has 246 valence electrons. The number of amides is 4. The molecule has 0 aromatic heterocycles. The van der Waals surface area contributed by atoms with Gasteiger partial charge in [0.25, 0.3) is 0 Å². The lowest BCUT2D eigenvalue weighted by atomic mass is 10.2. The van der Waals surface area contributed by atoms with Gasteiger partial charge in [-0.05, 0) is 93.1 Å². The molecule has 4 rings (SSSR count). The Kier molecular flexibility index (Phi) is 12.8. The monoisotopic (exact) mass is 654 g/mol. The van der Waals surface area contributed by atoms with Crippen LogP contribution < -0.4 is 21.3 Å². The van der Waals surface area contributed by atoms with Crippen LogP contribution in [0.25, 0.3) is 0 Å². The van der Waals surface area contributed by atoms with E-state index in [1.807, 2.05) is 5.32 Å². The van der Waals surface area contributed by atoms with E-state index in [0.29, 0.717) is 46.8 Å². The van der Waals surface area contributed by atoms with Gasteiger partial charge in [0.1, 0.15) is 17.3 Å². The minimum atomic E-state index is -1.24. The third-order valence-electron chi connectivity index (χ3n) is 5.99. The van der Waals surface area contributed by atoms with Gasteiger partial charge in [0, 0.05) is 29.2 Å². The third kappa shape index (κ3) is 10.9. The number of urea groups is 2. The predicted molar refractivity (Wildman–Crippen MR) is 168 cm³/mol. The summed E-state index contributed by atoms with van der Waals surface area (Å²) in [6.45, 7) is 5.64. The van der Waals surface area contributed by atoms with Crippen molar-refractivity contribution < 1.29 is 46.2 Å². The van der Waals surface area contributed by atoms with Gasteiger partial charge in [-0.15, -0.1) is 0 Å². The highest BCUT2D eigenvalue weighted by molar-refractivity contribution is 6.01. The summed E-state index contributed by atoms with van der Waals surface area (Å²) in [5.41, 5.74) is 1.88. The first kappa shape index (κ1) is 35.6. The van der Waals surface area contributed by atoms with E-state index in [4.69, 9.17) is 9.47 Å². The van der Waals surface area contributed by atoms with E-state index in [-0.39, 0.29) is 18.1 Å². The zero-order chi connectivity index (χ0) is 34.5. The molecule has 0 fully saturated rings. The van der Waals surface area contributed by atoms with Crippen LogP contribution in [0.2, 0.25) is 0 Å². The standard InChI is InChI=1S/C17H17FN2O3.C16H13F3N2O3/c1-3-23-16(21)12-4-7-14(8-5-12)19-17(22)20-15-9-6-13(18)10-11(15)2;1-2-24-15(22)9-3-5-11(6-4-9)20-16(23)21-14-12(18)7-10(17)8-13(14)19/h4-10H,3H2,1-2H3,(H2,19,20,22);3-8H,2H2,1H3,(H2,20,21,23). The van der Waals surface area contributed by atoms with Crippen LogP contribution in [0.4, 0.5) is 49.9 Å². The first-order valence-corrected chi connectivity index (χ1v) is 14.0. The molecule has 4 N–H and O–H groups in total. The Hall–Kier alpha value is -5.92. The molecule has 0 aliphatic heterocycles. The van der Waals surface area contributed by atoms with Gasteiger partial charge in [0.15, 0.2) is 11.6 Å². The number of anilines is 4. The van der Waals surface area contributed by atoms with Crippen molar-refractivity contribution in [2.24, 2.45) is 0 Å². The van der Waals surface area contributed by atoms with Crippen molar-refractivity contribution in [2.45, 2.75) is 20.8 Å². The molecule has 0 bridgehead atoms. The number of benzene rings is 4. The summed E-state index contributed by atoms with van der Waals surface area (Å²) in [7, 11) is 0. The van der Waals surface area contributed by atoms with Gasteiger partial charge in [-0.2, -0.15) is 0 Å². The second-order valence-corrected chi connectivity index (χ2v) is 9.46. The molecule has 4 amide bonds. The van der Waals surface area contributed by atoms with Crippen molar-refractivity contribution in [3.05, 3.63) is 119 Å². The number of halogens is 4. The fraction of sp³-hybridized carbons (Fsp3) is 0.152. The molecule has 0 saturated carbocycles. The zero-order valence-corrected chi connectivity index (χ0v) is 25.4. The molecular formula is C33H30F4N4O6. The van der Waals surface area contributed by atoms with E-state index in [0.717, 1.165) is 0 Å². The average molecular weight is 655 g/mol. The van der Waals surface area contributed by atoms with Crippen molar-refractivity contribution >= 4 is 46.8 Å². The molecule has 0 aliphatic rings. The number of rotatable bonds is 8. The number of esters is 2. The van der Waals surface area contributed by atoms with Crippen molar-refractivity contribution in [1.82, 2.24) is 0 Å². The summed E-state index contributed by atoms with van der Waals surface area (Å²) in [5, 5.41) is 9.55. The molecular weight excluding hydrogens is 624 g/mol. The molecule has 0 spiro atoms. The fourth-order valence-corrected chi connectivity index (χ4v) is 3.80. The van der Waals surface area contributed by atoms with Crippen molar-refractivity contribution in [3.63, 3.8) is 0 Å². The van der Waals surface area contributed by atoms with E-state index in [2.05, 4.69) is 16.0 Å². The topological polar surface area (TPSA) is 135 Å². The smallest absolute Gasteiger partial charge is 0.338 e. The van der Waals surface area contributed by atoms with Gasteiger partial charge in [-0.1, -0.05) is 0 Å². The molecule has 0 radical (unpaired) electrons. The lowest BCUT2D eigenvalue weighted by molar-refractivity contribution is 0.0517. The van der Waals surface area contributed by atoms with Crippen LogP contribution in [-0.4, -0.2) is 37.2 Å². The van der Waals surface area contributed by atoms with E-state index in [1.54, 1.807) is 45.0 Å². The molecule has 0 unspecified atom stereocenters. The highest BCUT2D eigenvalue weighted by Gasteiger charge is 2.15. The van der Waals surface area contributed by atoms with Gasteiger partial charge < -0.3 is 30.7 Å². The summed E-state index contributed by atoms with van der Waals surface area (Å²) in [4.78, 5) is 46.7. The Morgan fingerprint density at radius 2 is 1.02 bits per heavy atom. The molecule has 0 aliphatic carbocycles. The van der Waals surface area contributed by atoms with Gasteiger partial charge in [-0.3, -0.25) is 0 Å². The number of carbonyl (C=O) groups is 4. The average Bonchev–Trinajstić information content (AvgIpc) is 3.01. The summed E-state index contributed by atoms with van der Waals surface area (Å²) >= 11 is 0. The summed E-state index contributed by atoms with van der Waals surface area (Å²) in [5.74, 6) is -4.84. The van der Waals surface area contributed by atoms with Crippen LogP contribution in [0, 0.1) is 30.2 Å². The second-order valence-electron chi connectivity index (χ2n) is 9.46. The number of nitrogens with one attached hydrogen (secondary N) is 4. The van der Waals surface area contributed by atoms with E-state index in [9.17, 15) is 36.7 Å². The van der Waals surface area contributed by atoms with Crippen molar-refractivity contribution in [2.75, 3.05) is 34.5 Å². The van der Waals surface area contributed by atoms with Gasteiger partial charge in [0.2, 0.25) is 0 Å². The molecule has 4 aromatic rings. The Morgan fingerprint density at radius 1 is 0.574 bits per heavy atom. The number of aryl methyl sites for hydroxylation is 1. The molecule has 14 heteroatoms. The summed E-state index contributed by atoms with van der Waals surface area (Å²) in [6, 6.07) is 15.6. The number of hydrogen-bond donors (Lipinski definition) is 4. The molecule has 0 heterocycles. The predicted octanol–water partition coefficient (Wildman–Crippen LogP) is 7.88. The number of carbonyl (C=O) groups excluding carboxylic acids is 4. The van der Waals surface area contributed by atoms with Crippen LogP contribution >= 0.6 is 0 Å². The molecule has 4 aromatic carbocycles. The largest absolute Gasteiger partial charge is 0.462 e. The van der Waals surface area contributed by atoms with E-state index < -0.39 is 47.1 Å². The molecule has 47 heavy (non-hydrogen) atoms. The normalized spacial score (nSPS) is 10.1. The minimum absolute atomic E-state index is 0.232. The third-order valence-corrected chi connectivity index (χ3v) is 5.99. The first-order chi connectivity index (χ1) is 22.4. The van der Waals surface area contributed by atoms with E-state index in [1.165, 1.54) is 42.5 Å². The van der Waals surface area contributed by atoms with Gasteiger partial charge >= 0.3 is 24.0 Å². The molecule has 10 nitrogen and oxygen atoms in total. The maximum atomic E-state index is 13.5. The lowest BCUT2D eigenvalue weighted by Crippen LogP contribution is -2.21. The summed E-state index contributed by atoms with van der Waals surface area (Å²) in [6.07, 6.45) is 0. The fourth-order valence-electron chi connectivity index (χ4n) is 3.80. The number of hydrogen-bond acceptors (Lipinski definition) is 6. The van der Waals surface area contributed by atoms with Crippen molar-refractivity contribution in [1.29, 1.82) is 0 Å². The second kappa shape index (κ2) is 17.0. The highest BCUT2D eigenvalue weighted by Crippen LogP contribution is 2.21. The van der Waals surface area contributed by atoms with Crippen LogP contribution in [0.3, 0.4) is 0 Å². The molecule has 0 saturated heterocycles. The first-order valence-electron chi connectivity index (χ1n) is 14.0.